The Bertz CT molecular complexity index is 199. The Kier molecular flexibility index (Phi) is 2.82. The first-order valence-corrected chi connectivity index (χ1v) is 5.23. The van der Waals surface area contributed by atoms with Gasteiger partial charge in [0.1, 0.15) is 0 Å². The first-order chi connectivity index (χ1) is 6.42. The number of hydrogen-bond acceptors (Lipinski definition) is 3. The second-order valence-electron chi connectivity index (χ2n) is 4.16. The van der Waals surface area contributed by atoms with E-state index in [2.05, 4.69) is 16.7 Å². The lowest BCUT2D eigenvalue weighted by Gasteiger charge is -2.37. The van der Waals surface area contributed by atoms with E-state index in [0.717, 1.165) is 26.2 Å². The topological polar surface area (TPSA) is 47.9 Å². The molecule has 2 fully saturated rings. The van der Waals surface area contributed by atoms with Gasteiger partial charge in [0.15, 0.2) is 0 Å². The fourth-order valence-corrected chi connectivity index (χ4v) is 2.36. The summed E-state index contributed by atoms with van der Waals surface area (Å²) in [6.07, 6.45) is 2.38. The Hall–Kier alpha value is -0.590. The Balaban J connectivity index is 1.90. The maximum Gasteiger partial charge on any atom is 0.0662 e. The molecule has 2 heterocycles. The maximum absolute atomic E-state index is 9.12. The molecule has 0 aliphatic carbocycles. The predicted octanol–water partition coefficient (Wildman–Crippen LogP) is 0.345. The van der Waals surface area contributed by atoms with Gasteiger partial charge >= 0.3 is 0 Å². The summed E-state index contributed by atoms with van der Waals surface area (Å²) < 4.78 is 0. The van der Waals surface area contributed by atoms with Gasteiger partial charge in [-0.25, -0.2) is 0 Å². The van der Waals surface area contributed by atoms with E-state index in [9.17, 15) is 0 Å². The highest BCUT2D eigenvalue weighted by molar-refractivity contribution is 4.98. The van der Waals surface area contributed by atoms with Crippen LogP contribution in [0.25, 0.3) is 0 Å². The van der Waals surface area contributed by atoms with Gasteiger partial charge in [0.05, 0.1) is 12.0 Å². The van der Waals surface area contributed by atoms with Crippen LogP contribution in [0.3, 0.4) is 0 Å². The quantitative estimate of drug-likeness (QED) is 0.643. The Morgan fingerprint density at radius 1 is 1.08 bits per heavy atom. The van der Waals surface area contributed by atoms with E-state index >= 15 is 0 Å². The van der Waals surface area contributed by atoms with Gasteiger partial charge in [-0.15, -0.1) is 0 Å². The molecule has 13 heavy (non-hydrogen) atoms. The lowest BCUT2D eigenvalue weighted by atomic mass is 9.75. The van der Waals surface area contributed by atoms with Gasteiger partial charge in [-0.2, -0.15) is 5.26 Å². The molecule has 1 atom stereocenters. The van der Waals surface area contributed by atoms with Gasteiger partial charge in [0.25, 0.3) is 0 Å². The molecule has 2 N–H and O–H groups in total. The minimum atomic E-state index is 0.309. The summed E-state index contributed by atoms with van der Waals surface area (Å²) in [6.45, 7) is 4.32. The maximum atomic E-state index is 9.12. The first-order valence-electron chi connectivity index (χ1n) is 5.23. The third-order valence-electron chi connectivity index (χ3n) is 3.36. The van der Waals surface area contributed by atoms with E-state index < -0.39 is 0 Å². The van der Waals surface area contributed by atoms with Crippen molar-refractivity contribution in [1.29, 1.82) is 5.26 Å². The van der Waals surface area contributed by atoms with Crippen LogP contribution in [-0.4, -0.2) is 26.2 Å². The monoisotopic (exact) mass is 179 g/mol. The molecule has 0 bridgehead atoms. The molecule has 1 unspecified atom stereocenters. The summed E-state index contributed by atoms with van der Waals surface area (Å²) >= 11 is 0. The standard InChI is InChI=1S/C10H17N3/c11-5-10(9-6-13-7-9)8-1-3-12-4-2-8/h8-10,12-13H,1-4,6-7H2. The second-order valence-corrected chi connectivity index (χ2v) is 4.16. The summed E-state index contributed by atoms with van der Waals surface area (Å²) in [5.74, 6) is 1.59. The zero-order valence-corrected chi connectivity index (χ0v) is 7.92. The molecule has 3 nitrogen and oxygen atoms in total. The third kappa shape index (κ3) is 1.84. The molecule has 0 aromatic rings. The molecule has 0 amide bonds. The van der Waals surface area contributed by atoms with Crippen molar-refractivity contribution < 1.29 is 0 Å². The zero-order chi connectivity index (χ0) is 9.10. The molecule has 2 aliphatic rings. The number of hydrogen-bond donors (Lipinski definition) is 2. The molecule has 2 rings (SSSR count). The lowest BCUT2D eigenvalue weighted by molar-refractivity contribution is 0.183. The van der Waals surface area contributed by atoms with Crippen molar-refractivity contribution in [3.05, 3.63) is 0 Å². The molecule has 2 aliphatic heterocycles. The number of nitrogens with zero attached hydrogens (tertiary/aromatic N) is 1. The molecular formula is C10H17N3. The highest BCUT2D eigenvalue weighted by Gasteiger charge is 2.33. The average Bonchev–Trinajstić information content (AvgIpc) is 2.12. The molecule has 3 heteroatoms. The molecular weight excluding hydrogens is 162 g/mol. The van der Waals surface area contributed by atoms with Crippen LogP contribution in [0.1, 0.15) is 12.8 Å². The second kappa shape index (κ2) is 4.08. The van der Waals surface area contributed by atoms with Crippen molar-refractivity contribution >= 4 is 0 Å². The molecule has 0 radical (unpaired) electrons. The number of nitriles is 1. The van der Waals surface area contributed by atoms with Crippen molar-refractivity contribution in [3.63, 3.8) is 0 Å². The highest BCUT2D eigenvalue weighted by atomic mass is 15.0. The van der Waals surface area contributed by atoms with Crippen LogP contribution in [-0.2, 0) is 0 Å². The van der Waals surface area contributed by atoms with E-state index in [4.69, 9.17) is 5.26 Å². The molecule has 72 valence electrons. The van der Waals surface area contributed by atoms with Gasteiger partial charge in [0, 0.05) is 13.1 Å². The lowest BCUT2D eigenvalue weighted by Crippen LogP contribution is -2.48. The van der Waals surface area contributed by atoms with E-state index in [1.165, 1.54) is 12.8 Å². The fourth-order valence-electron chi connectivity index (χ4n) is 2.36. The number of piperidine rings is 1. The van der Waals surface area contributed by atoms with Crippen LogP contribution in [0.2, 0.25) is 0 Å². The third-order valence-corrected chi connectivity index (χ3v) is 3.36. The predicted molar refractivity (Wildman–Crippen MR) is 51.1 cm³/mol. The van der Waals surface area contributed by atoms with E-state index in [-0.39, 0.29) is 0 Å². The van der Waals surface area contributed by atoms with E-state index in [0.29, 0.717) is 17.8 Å². The van der Waals surface area contributed by atoms with Crippen LogP contribution >= 0.6 is 0 Å². The van der Waals surface area contributed by atoms with Crippen molar-refractivity contribution in [2.24, 2.45) is 17.8 Å². The molecule has 0 saturated carbocycles. The van der Waals surface area contributed by atoms with Crippen LogP contribution in [0.4, 0.5) is 0 Å². The number of nitrogens with one attached hydrogen (secondary N) is 2. The summed E-state index contributed by atoms with van der Waals surface area (Å²) in [5.41, 5.74) is 0. The molecule has 0 spiro atoms. The van der Waals surface area contributed by atoms with E-state index in [1.54, 1.807) is 0 Å². The normalized spacial score (nSPS) is 27.6. The summed E-state index contributed by atoms with van der Waals surface area (Å²) in [7, 11) is 0. The fraction of sp³-hybridized carbons (Fsp3) is 0.900. The van der Waals surface area contributed by atoms with Crippen LogP contribution in [0, 0.1) is 29.1 Å². The summed E-state index contributed by atoms with van der Waals surface area (Å²) in [5, 5.41) is 15.7. The SMILES string of the molecule is N#CC(C1CCNCC1)C1CNC1. The Morgan fingerprint density at radius 3 is 2.23 bits per heavy atom. The molecule has 0 aromatic heterocycles. The van der Waals surface area contributed by atoms with Crippen molar-refractivity contribution in [2.75, 3.05) is 26.2 Å². The highest BCUT2D eigenvalue weighted by Crippen LogP contribution is 2.29. The zero-order valence-electron chi connectivity index (χ0n) is 7.92. The van der Waals surface area contributed by atoms with Crippen molar-refractivity contribution in [3.8, 4) is 6.07 Å². The van der Waals surface area contributed by atoms with E-state index in [1.807, 2.05) is 0 Å². The molecule has 2 saturated heterocycles. The van der Waals surface area contributed by atoms with Crippen LogP contribution < -0.4 is 10.6 Å². The minimum Gasteiger partial charge on any atom is -0.317 e. The molecule has 0 aromatic carbocycles. The van der Waals surface area contributed by atoms with Crippen LogP contribution in [0.5, 0.6) is 0 Å². The largest absolute Gasteiger partial charge is 0.317 e. The van der Waals surface area contributed by atoms with Gasteiger partial charge in [-0.05, 0) is 37.8 Å². The summed E-state index contributed by atoms with van der Waals surface area (Å²) in [4.78, 5) is 0. The smallest absolute Gasteiger partial charge is 0.0662 e. The van der Waals surface area contributed by atoms with Crippen molar-refractivity contribution in [2.45, 2.75) is 12.8 Å². The van der Waals surface area contributed by atoms with Crippen molar-refractivity contribution in [1.82, 2.24) is 10.6 Å². The Labute approximate surface area is 79.5 Å². The number of rotatable bonds is 2. The first kappa shape index (κ1) is 8.98. The average molecular weight is 179 g/mol. The van der Waals surface area contributed by atoms with Gasteiger partial charge in [0.2, 0.25) is 0 Å². The van der Waals surface area contributed by atoms with Gasteiger partial charge in [-0.3, -0.25) is 0 Å². The van der Waals surface area contributed by atoms with Gasteiger partial charge in [-0.1, -0.05) is 0 Å². The minimum absolute atomic E-state index is 0.309. The summed E-state index contributed by atoms with van der Waals surface area (Å²) in [6, 6.07) is 2.51. The Morgan fingerprint density at radius 2 is 1.77 bits per heavy atom. The van der Waals surface area contributed by atoms with Gasteiger partial charge < -0.3 is 10.6 Å². The van der Waals surface area contributed by atoms with Crippen LogP contribution in [0.15, 0.2) is 0 Å².